The van der Waals surface area contributed by atoms with Gasteiger partial charge in [-0.05, 0) is 0 Å². The van der Waals surface area contributed by atoms with Crippen molar-refractivity contribution in [3.8, 4) is 0 Å². The molecule has 0 aliphatic heterocycles. The van der Waals surface area contributed by atoms with Gasteiger partial charge in [0, 0.05) is 6.42 Å². The van der Waals surface area contributed by atoms with Gasteiger partial charge < -0.3 is 24.4 Å². The zero-order chi connectivity index (χ0) is 13.1. The zero-order valence-electron chi connectivity index (χ0n) is 9.92. The molecule has 0 radical (unpaired) electrons. The summed E-state index contributed by atoms with van der Waals surface area (Å²) in [5.74, 6) is -2.31. The molecule has 2 N–H and O–H groups in total. The van der Waals surface area contributed by atoms with Crippen LogP contribution in [0, 0.1) is 0 Å². The van der Waals surface area contributed by atoms with Gasteiger partial charge in [-0.25, -0.2) is 0 Å². The Kier molecular flexibility index (Phi) is 9.47. The highest BCUT2D eigenvalue weighted by Crippen LogP contribution is 2.13. The largest absolute Gasteiger partial charge is 0.430 e. The number of rotatable bonds is 10. The van der Waals surface area contributed by atoms with Gasteiger partial charge in [0.05, 0.1) is 32.2 Å². The molecule has 1 atom stereocenters. The minimum absolute atomic E-state index is 0.0432. The van der Waals surface area contributed by atoms with Gasteiger partial charge in [0.25, 0.3) is 0 Å². The maximum atomic E-state index is 11.0. The van der Waals surface area contributed by atoms with E-state index in [0.29, 0.717) is 6.61 Å². The molecule has 0 spiro atoms. The van der Waals surface area contributed by atoms with Crippen LogP contribution < -0.4 is 0 Å². The van der Waals surface area contributed by atoms with Crippen LogP contribution in [-0.4, -0.2) is 60.8 Å². The van der Waals surface area contributed by atoms with Crippen molar-refractivity contribution in [2.75, 3.05) is 38.8 Å². The summed E-state index contributed by atoms with van der Waals surface area (Å²) in [6.07, 6.45) is 0.226. The van der Waals surface area contributed by atoms with Gasteiger partial charge in [-0.2, -0.15) is 12.6 Å². The van der Waals surface area contributed by atoms with E-state index in [4.69, 9.17) is 19.3 Å². The second kappa shape index (κ2) is 9.67. The van der Waals surface area contributed by atoms with Crippen molar-refractivity contribution in [3.05, 3.63) is 0 Å². The Morgan fingerprint density at radius 3 is 2.47 bits per heavy atom. The first kappa shape index (κ1) is 16.7. The summed E-state index contributed by atoms with van der Waals surface area (Å²) < 4.78 is 14.9. The number of thiol groups is 1. The molecule has 7 heteroatoms. The second-order valence-corrected chi connectivity index (χ2v) is 3.64. The fourth-order valence-corrected chi connectivity index (χ4v) is 1.03. The molecule has 0 rings (SSSR count). The molecule has 0 aromatic carbocycles. The molecule has 1 unspecified atom stereocenters. The summed E-state index contributed by atoms with van der Waals surface area (Å²) in [4.78, 5) is 11.0. The number of carbonyl (C=O) groups excluding carboxylic acids is 1. The molecule has 102 valence electrons. The maximum absolute atomic E-state index is 11.0. The van der Waals surface area contributed by atoms with E-state index in [1.807, 2.05) is 0 Å². The van der Waals surface area contributed by atoms with Crippen LogP contribution in [0.4, 0.5) is 0 Å². The van der Waals surface area contributed by atoms with E-state index in [-0.39, 0.29) is 38.6 Å². The number of aliphatic hydroxyl groups excluding tert-OH is 1. The standard InChI is InChI=1S/C10H20O6S/c1-2-10(13,16-9(12)7-17)8-15-6-5-14-4-3-11/h11,13,17H,2-8H2,1H3. The van der Waals surface area contributed by atoms with E-state index < -0.39 is 11.8 Å². The van der Waals surface area contributed by atoms with Gasteiger partial charge in [-0.1, -0.05) is 6.92 Å². The molecule has 0 saturated heterocycles. The van der Waals surface area contributed by atoms with E-state index in [9.17, 15) is 9.90 Å². The van der Waals surface area contributed by atoms with Gasteiger partial charge in [0.1, 0.15) is 6.61 Å². The number of carbonyl (C=O) groups is 1. The van der Waals surface area contributed by atoms with E-state index in [1.54, 1.807) is 6.92 Å². The predicted octanol–water partition coefficient (Wildman–Crippen LogP) is -0.416. The van der Waals surface area contributed by atoms with Crippen molar-refractivity contribution in [1.29, 1.82) is 0 Å². The lowest BCUT2D eigenvalue weighted by Gasteiger charge is -2.26. The van der Waals surface area contributed by atoms with E-state index >= 15 is 0 Å². The molecule has 0 fully saturated rings. The van der Waals surface area contributed by atoms with Crippen LogP contribution in [0.2, 0.25) is 0 Å². The number of hydrogen-bond acceptors (Lipinski definition) is 7. The summed E-state index contributed by atoms with van der Waals surface area (Å²) in [5, 5.41) is 18.3. The topological polar surface area (TPSA) is 85.2 Å². The average Bonchev–Trinajstić information content (AvgIpc) is 2.33. The summed E-state index contributed by atoms with van der Waals surface area (Å²) in [6, 6.07) is 0. The van der Waals surface area contributed by atoms with E-state index in [0.717, 1.165) is 0 Å². The summed E-state index contributed by atoms with van der Waals surface area (Å²) in [5.41, 5.74) is 0. The lowest BCUT2D eigenvalue weighted by atomic mass is 10.2. The molecular weight excluding hydrogens is 248 g/mol. The van der Waals surface area contributed by atoms with Crippen LogP contribution in [0.15, 0.2) is 0 Å². The number of ether oxygens (including phenoxy) is 3. The lowest BCUT2D eigenvalue weighted by molar-refractivity contribution is -0.228. The highest BCUT2D eigenvalue weighted by molar-refractivity contribution is 7.81. The summed E-state index contributed by atoms with van der Waals surface area (Å²) in [6.45, 7) is 2.32. The quantitative estimate of drug-likeness (QED) is 0.216. The molecule has 0 aliphatic rings. The second-order valence-electron chi connectivity index (χ2n) is 3.32. The Morgan fingerprint density at radius 1 is 1.29 bits per heavy atom. The van der Waals surface area contributed by atoms with Gasteiger partial charge in [0.2, 0.25) is 5.79 Å². The highest BCUT2D eigenvalue weighted by atomic mass is 32.1. The Balaban J connectivity index is 3.75. The maximum Gasteiger partial charge on any atom is 0.318 e. The third-order valence-electron chi connectivity index (χ3n) is 1.92. The molecule has 0 aromatic rings. The van der Waals surface area contributed by atoms with Gasteiger partial charge in [-0.15, -0.1) is 0 Å². The lowest BCUT2D eigenvalue weighted by Crippen LogP contribution is -2.40. The van der Waals surface area contributed by atoms with Gasteiger partial charge in [-0.3, -0.25) is 4.79 Å². The Morgan fingerprint density at radius 2 is 1.94 bits per heavy atom. The van der Waals surface area contributed by atoms with Crippen LogP contribution >= 0.6 is 12.6 Å². The van der Waals surface area contributed by atoms with Crippen molar-refractivity contribution in [3.63, 3.8) is 0 Å². The number of aliphatic hydroxyl groups is 2. The Labute approximate surface area is 106 Å². The normalized spacial score (nSPS) is 14.4. The van der Waals surface area contributed by atoms with Crippen molar-refractivity contribution in [2.24, 2.45) is 0 Å². The molecule has 17 heavy (non-hydrogen) atoms. The summed E-state index contributed by atoms with van der Waals surface area (Å²) >= 11 is 3.74. The molecule has 0 heterocycles. The minimum Gasteiger partial charge on any atom is -0.430 e. The Hall–Kier alpha value is -0.340. The first-order valence-corrected chi connectivity index (χ1v) is 6.02. The van der Waals surface area contributed by atoms with Crippen molar-refractivity contribution in [1.82, 2.24) is 0 Å². The van der Waals surface area contributed by atoms with Crippen LogP contribution in [0.1, 0.15) is 13.3 Å². The van der Waals surface area contributed by atoms with E-state index in [1.165, 1.54) is 0 Å². The van der Waals surface area contributed by atoms with Crippen molar-refractivity contribution >= 4 is 18.6 Å². The minimum atomic E-state index is -1.61. The van der Waals surface area contributed by atoms with Crippen LogP contribution in [0.5, 0.6) is 0 Å². The first-order chi connectivity index (χ1) is 8.08. The SMILES string of the molecule is CCC(O)(COCCOCCO)OC(=O)CS. The molecule has 0 aromatic heterocycles. The van der Waals surface area contributed by atoms with Crippen molar-refractivity contribution in [2.45, 2.75) is 19.1 Å². The molecule has 6 nitrogen and oxygen atoms in total. The predicted molar refractivity (Wildman–Crippen MR) is 63.9 cm³/mol. The van der Waals surface area contributed by atoms with Crippen LogP contribution in [0.3, 0.4) is 0 Å². The third-order valence-corrected chi connectivity index (χ3v) is 2.18. The number of hydrogen-bond donors (Lipinski definition) is 3. The van der Waals surface area contributed by atoms with Crippen molar-refractivity contribution < 1.29 is 29.2 Å². The zero-order valence-corrected chi connectivity index (χ0v) is 10.8. The van der Waals surface area contributed by atoms with Gasteiger partial charge in [0.15, 0.2) is 0 Å². The molecular formula is C10H20O6S. The smallest absolute Gasteiger partial charge is 0.318 e. The van der Waals surface area contributed by atoms with Crippen LogP contribution in [0.25, 0.3) is 0 Å². The fourth-order valence-electron chi connectivity index (χ4n) is 0.964. The molecule has 0 amide bonds. The molecule has 0 saturated carbocycles. The highest BCUT2D eigenvalue weighted by Gasteiger charge is 2.29. The monoisotopic (exact) mass is 268 g/mol. The molecule has 0 aliphatic carbocycles. The fraction of sp³-hybridized carbons (Fsp3) is 0.900. The summed E-state index contributed by atoms with van der Waals surface area (Å²) in [7, 11) is 0. The number of esters is 1. The molecule has 0 bridgehead atoms. The average molecular weight is 268 g/mol. The van der Waals surface area contributed by atoms with Crippen LogP contribution in [-0.2, 0) is 19.0 Å². The van der Waals surface area contributed by atoms with E-state index in [2.05, 4.69) is 12.6 Å². The Bertz CT molecular complexity index is 213. The third kappa shape index (κ3) is 8.39. The van der Waals surface area contributed by atoms with Gasteiger partial charge >= 0.3 is 5.97 Å². The first-order valence-electron chi connectivity index (χ1n) is 5.39.